The van der Waals surface area contributed by atoms with Gasteiger partial charge in [-0.1, -0.05) is 287 Å². The summed E-state index contributed by atoms with van der Waals surface area (Å²) >= 11 is 0. The molecule has 5 heteroatoms. The van der Waals surface area contributed by atoms with Gasteiger partial charge in [0, 0.05) is 12.8 Å². The molecule has 0 aliphatic rings. The molecule has 0 aromatic rings. The van der Waals surface area contributed by atoms with Gasteiger partial charge in [-0.15, -0.1) is 0 Å². The molecule has 0 aliphatic carbocycles. The van der Waals surface area contributed by atoms with E-state index >= 15 is 0 Å². The summed E-state index contributed by atoms with van der Waals surface area (Å²) in [7, 11) is 0. The van der Waals surface area contributed by atoms with E-state index in [1.54, 1.807) is 0 Å². The Bertz CT molecular complexity index is 1740. The van der Waals surface area contributed by atoms with Crippen molar-refractivity contribution in [1.82, 2.24) is 0 Å². The van der Waals surface area contributed by atoms with E-state index in [2.05, 4.69) is 184 Å². The van der Waals surface area contributed by atoms with Crippen LogP contribution in [-0.2, 0) is 19.1 Å². The van der Waals surface area contributed by atoms with Crippen molar-refractivity contribution in [3.63, 3.8) is 0 Å². The molecule has 0 heterocycles. The van der Waals surface area contributed by atoms with Crippen LogP contribution in [0.1, 0.15) is 258 Å². The topological polar surface area (TPSA) is 72.8 Å². The number of ether oxygens (including phenoxy) is 2. The van der Waals surface area contributed by atoms with Crippen LogP contribution >= 0.6 is 0 Å². The maximum absolute atomic E-state index is 12.3. The molecule has 0 bridgehead atoms. The second-order valence-corrected chi connectivity index (χ2v) is 20.4. The monoisotopic (exact) mass is 1070 g/mol. The predicted octanol–water partition coefficient (Wildman–Crippen LogP) is 22.1. The Morgan fingerprint density at radius 2 is 0.513 bits per heavy atom. The summed E-state index contributed by atoms with van der Waals surface area (Å²) in [4.78, 5) is 24.6. The molecule has 0 spiro atoms. The molecule has 0 aromatic heterocycles. The van der Waals surface area contributed by atoms with Gasteiger partial charge in [-0.2, -0.15) is 0 Å². The Morgan fingerprint density at radius 3 is 0.769 bits per heavy atom. The van der Waals surface area contributed by atoms with E-state index in [-0.39, 0.29) is 25.2 Å². The minimum absolute atomic E-state index is 0.0877. The first-order valence-corrected chi connectivity index (χ1v) is 31.7. The minimum atomic E-state index is -0.795. The van der Waals surface area contributed by atoms with Crippen LogP contribution in [0.3, 0.4) is 0 Å². The highest BCUT2D eigenvalue weighted by Gasteiger charge is 2.16. The van der Waals surface area contributed by atoms with Crippen molar-refractivity contribution in [3.05, 3.63) is 170 Å². The van der Waals surface area contributed by atoms with Gasteiger partial charge in [0.25, 0.3) is 0 Å². The number of aliphatic hydroxyl groups is 1. The van der Waals surface area contributed by atoms with E-state index in [1.165, 1.54) is 89.9 Å². The van der Waals surface area contributed by atoms with Gasteiger partial charge < -0.3 is 14.6 Å². The van der Waals surface area contributed by atoms with Gasteiger partial charge in [-0.05, 0) is 128 Å². The number of carbonyl (C=O) groups is 2. The Balaban J connectivity index is 3.56. The van der Waals surface area contributed by atoms with Crippen molar-refractivity contribution in [3.8, 4) is 0 Å². The normalized spacial score (nSPS) is 13.4. The number of hydrogen-bond donors (Lipinski definition) is 1. The van der Waals surface area contributed by atoms with Crippen molar-refractivity contribution >= 4 is 11.9 Å². The summed E-state index contributed by atoms with van der Waals surface area (Å²) in [6, 6.07) is 0. The number of unbranched alkanes of at least 4 members (excludes halogenated alkanes) is 20. The van der Waals surface area contributed by atoms with E-state index in [4.69, 9.17) is 9.47 Å². The summed E-state index contributed by atoms with van der Waals surface area (Å²) in [5.74, 6) is -0.626. The van der Waals surface area contributed by atoms with Gasteiger partial charge in [-0.25, -0.2) is 0 Å². The number of aliphatic hydroxyl groups excluding tert-OH is 1. The van der Waals surface area contributed by atoms with E-state index in [0.717, 1.165) is 141 Å². The Hall–Kier alpha value is -4.74. The number of rotatable bonds is 56. The average molecular weight is 1070 g/mol. The van der Waals surface area contributed by atoms with Gasteiger partial charge in [0.05, 0.1) is 6.61 Å². The van der Waals surface area contributed by atoms with E-state index in [9.17, 15) is 14.7 Å². The molecule has 1 N–H and O–H groups in total. The lowest BCUT2D eigenvalue weighted by molar-refractivity contribution is -0.161. The van der Waals surface area contributed by atoms with Gasteiger partial charge in [-0.3, -0.25) is 9.59 Å². The van der Waals surface area contributed by atoms with Crippen molar-refractivity contribution in [2.75, 3.05) is 13.2 Å². The molecule has 1 unspecified atom stereocenters. The summed E-state index contributed by atoms with van der Waals surface area (Å²) in [6.45, 7) is 3.89. The molecule has 0 aromatic carbocycles. The molecule has 0 amide bonds. The molecular formula is C73H116O5. The fourth-order valence-corrected chi connectivity index (χ4v) is 8.34. The highest BCUT2D eigenvalue weighted by Crippen LogP contribution is 2.15. The minimum Gasteiger partial charge on any atom is -0.462 e. The highest BCUT2D eigenvalue weighted by atomic mass is 16.6. The Morgan fingerprint density at radius 1 is 0.295 bits per heavy atom. The average Bonchev–Trinajstić information content (AvgIpc) is 3.44. The van der Waals surface area contributed by atoms with Crippen molar-refractivity contribution in [2.45, 2.75) is 264 Å². The van der Waals surface area contributed by atoms with Crippen LogP contribution in [0.5, 0.6) is 0 Å². The van der Waals surface area contributed by atoms with Crippen LogP contribution < -0.4 is 0 Å². The molecule has 1 atom stereocenters. The molecular weight excluding hydrogens is 957 g/mol. The SMILES string of the molecule is CC/C=C\C/C=C\C/C=C\C/C=C\C/C=C\C/C=C\C/C=C\C/C=C\CCCCCCCCCCCCCCCCCCC(=O)OC(CO)COC(=O)CCCCCC/C=C\C/C=C\C/C=C\C/C=C\C/C=C\C/C=C\CC. The summed E-state index contributed by atoms with van der Waals surface area (Å²) in [5.41, 5.74) is 0. The molecule has 0 saturated heterocycles. The molecule has 78 heavy (non-hydrogen) atoms. The molecule has 0 fully saturated rings. The molecule has 0 rings (SSSR count). The van der Waals surface area contributed by atoms with Crippen LogP contribution in [0.4, 0.5) is 0 Å². The van der Waals surface area contributed by atoms with Crippen molar-refractivity contribution in [1.29, 1.82) is 0 Å². The summed E-state index contributed by atoms with van der Waals surface area (Å²) in [6.07, 6.45) is 103. The zero-order valence-electron chi connectivity index (χ0n) is 50.1. The third-order valence-corrected chi connectivity index (χ3v) is 13.0. The first-order chi connectivity index (χ1) is 38.6. The lowest BCUT2D eigenvalue weighted by Crippen LogP contribution is -2.28. The zero-order valence-corrected chi connectivity index (χ0v) is 50.1. The summed E-state index contributed by atoms with van der Waals surface area (Å²) in [5, 5.41) is 9.67. The largest absolute Gasteiger partial charge is 0.462 e. The first kappa shape index (κ1) is 73.3. The van der Waals surface area contributed by atoms with Crippen LogP contribution in [0.15, 0.2) is 170 Å². The van der Waals surface area contributed by atoms with Crippen LogP contribution in [0.2, 0.25) is 0 Å². The second-order valence-electron chi connectivity index (χ2n) is 20.4. The Labute approximate surface area is 481 Å². The van der Waals surface area contributed by atoms with Gasteiger partial charge >= 0.3 is 11.9 Å². The smallest absolute Gasteiger partial charge is 0.306 e. The number of allylic oxidation sites excluding steroid dienone is 28. The lowest BCUT2D eigenvalue weighted by Gasteiger charge is -2.15. The quantitative estimate of drug-likeness (QED) is 0.0373. The van der Waals surface area contributed by atoms with Gasteiger partial charge in [0.15, 0.2) is 6.10 Å². The van der Waals surface area contributed by atoms with Gasteiger partial charge in [0.2, 0.25) is 0 Å². The molecule has 0 radical (unpaired) electrons. The fourth-order valence-electron chi connectivity index (χ4n) is 8.34. The standard InChI is InChI=1S/C73H116O5/c1-3-5-7-9-11-13-15-17-19-21-23-25-27-28-29-30-31-32-33-34-35-36-37-38-39-40-41-42-43-44-46-48-50-52-54-56-58-60-62-64-66-68-73(76)78-71(69-74)70-77-72(75)67-65-63-61-59-57-55-53-51-49-47-45-26-24-22-20-18-16-14-12-10-8-6-4-2/h5-8,11-14,17-20,23-26,28-29,31-32,34-35,37-38,47,49,53,55,71,74H,3-4,9-10,15-16,21-22,27,30,33,36,39-46,48,50-52,54,56-70H2,1-2H3/b7-5-,8-6-,13-11-,14-12-,19-17-,20-18-,25-23-,26-24-,29-28-,32-31-,35-34-,38-37-,49-47-,55-53-. The summed E-state index contributed by atoms with van der Waals surface area (Å²) < 4.78 is 10.7. The predicted molar refractivity (Wildman–Crippen MR) is 343 cm³/mol. The van der Waals surface area contributed by atoms with Gasteiger partial charge in [0.1, 0.15) is 6.61 Å². The molecule has 0 saturated carbocycles. The van der Waals surface area contributed by atoms with Crippen LogP contribution in [0.25, 0.3) is 0 Å². The number of carbonyl (C=O) groups excluding carboxylic acids is 2. The third-order valence-electron chi connectivity index (χ3n) is 13.0. The third kappa shape index (κ3) is 63.8. The molecule has 5 nitrogen and oxygen atoms in total. The Kier molecular flexibility index (Phi) is 62.5. The second kappa shape index (κ2) is 66.5. The number of hydrogen-bond acceptors (Lipinski definition) is 5. The highest BCUT2D eigenvalue weighted by molar-refractivity contribution is 5.70. The van der Waals surface area contributed by atoms with E-state index < -0.39 is 6.10 Å². The maximum Gasteiger partial charge on any atom is 0.306 e. The van der Waals surface area contributed by atoms with Crippen LogP contribution in [-0.4, -0.2) is 36.4 Å². The van der Waals surface area contributed by atoms with Crippen LogP contribution in [0, 0.1) is 0 Å². The van der Waals surface area contributed by atoms with Crippen molar-refractivity contribution in [2.24, 2.45) is 0 Å². The molecule has 438 valence electrons. The first-order valence-electron chi connectivity index (χ1n) is 31.7. The van der Waals surface area contributed by atoms with Crippen molar-refractivity contribution < 1.29 is 24.2 Å². The zero-order chi connectivity index (χ0) is 56.2. The van der Waals surface area contributed by atoms with E-state index in [1.807, 2.05) is 0 Å². The number of esters is 2. The maximum atomic E-state index is 12.3. The lowest BCUT2D eigenvalue weighted by atomic mass is 10.0. The molecule has 0 aliphatic heterocycles. The fraction of sp³-hybridized carbons (Fsp3) is 0.589. The van der Waals surface area contributed by atoms with E-state index in [0.29, 0.717) is 12.8 Å².